The number of nitrogens with two attached hydrogens (primary N) is 1. The SMILES string of the molecule is CC(CCCNc1c(N)cnc2ccc(Br)cc12)Oc1ccc(F)cc1[C@@H](C)NC(=O)OC(C)(C)C. The van der Waals surface area contributed by atoms with Gasteiger partial charge in [0, 0.05) is 22.0 Å². The van der Waals surface area contributed by atoms with Gasteiger partial charge in [-0.05, 0) is 83.9 Å². The summed E-state index contributed by atoms with van der Waals surface area (Å²) in [6.45, 7) is 9.78. The molecule has 2 aromatic carbocycles. The van der Waals surface area contributed by atoms with Crippen molar-refractivity contribution in [1.82, 2.24) is 10.3 Å². The van der Waals surface area contributed by atoms with Gasteiger partial charge in [-0.1, -0.05) is 15.9 Å². The number of aromatic nitrogens is 1. The quantitative estimate of drug-likeness (QED) is 0.244. The fraction of sp³-hybridized carbons (Fsp3) is 0.407. The van der Waals surface area contributed by atoms with Gasteiger partial charge < -0.3 is 25.8 Å². The maximum atomic E-state index is 14.0. The number of ether oxygens (including phenoxy) is 2. The normalized spacial score (nSPS) is 13.2. The first kappa shape index (κ1) is 27.5. The molecule has 36 heavy (non-hydrogen) atoms. The third kappa shape index (κ3) is 7.71. The summed E-state index contributed by atoms with van der Waals surface area (Å²) in [6, 6.07) is 9.70. The Morgan fingerprint density at radius 3 is 2.67 bits per heavy atom. The van der Waals surface area contributed by atoms with Crippen LogP contribution in [0.15, 0.2) is 47.1 Å². The highest BCUT2D eigenvalue weighted by atomic mass is 79.9. The average molecular weight is 561 g/mol. The van der Waals surface area contributed by atoms with Crippen molar-refractivity contribution in [3.63, 3.8) is 0 Å². The largest absolute Gasteiger partial charge is 0.490 e. The number of hydrogen-bond acceptors (Lipinski definition) is 6. The number of hydrogen-bond donors (Lipinski definition) is 3. The smallest absolute Gasteiger partial charge is 0.408 e. The maximum Gasteiger partial charge on any atom is 0.408 e. The van der Waals surface area contributed by atoms with Crippen molar-refractivity contribution in [2.24, 2.45) is 0 Å². The molecule has 0 bridgehead atoms. The number of alkyl carbamates (subject to hydrolysis) is 1. The molecule has 0 aliphatic rings. The molecule has 1 aromatic heterocycles. The van der Waals surface area contributed by atoms with Crippen LogP contribution >= 0.6 is 15.9 Å². The molecular formula is C27H34BrFN4O3. The molecule has 0 saturated heterocycles. The van der Waals surface area contributed by atoms with Crippen LogP contribution in [0.4, 0.5) is 20.6 Å². The van der Waals surface area contributed by atoms with Crippen molar-refractivity contribution in [2.45, 2.75) is 65.2 Å². The van der Waals surface area contributed by atoms with E-state index in [0.717, 1.165) is 33.9 Å². The van der Waals surface area contributed by atoms with Gasteiger partial charge in [-0.15, -0.1) is 0 Å². The molecule has 9 heteroatoms. The number of rotatable bonds is 9. The summed E-state index contributed by atoms with van der Waals surface area (Å²) in [4.78, 5) is 16.6. The number of carbonyl (C=O) groups is 1. The minimum Gasteiger partial charge on any atom is -0.490 e. The number of carbonyl (C=O) groups excluding carboxylic acids is 1. The van der Waals surface area contributed by atoms with Gasteiger partial charge in [0.1, 0.15) is 17.2 Å². The molecule has 194 valence electrons. The first-order valence-corrected chi connectivity index (χ1v) is 12.8. The average Bonchev–Trinajstić information content (AvgIpc) is 2.77. The van der Waals surface area contributed by atoms with E-state index in [-0.39, 0.29) is 6.10 Å². The second-order valence-corrected chi connectivity index (χ2v) is 10.7. The molecule has 0 saturated carbocycles. The second-order valence-electron chi connectivity index (χ2n) is 9.80. The van der Waals surface area contributed by atoms with Crippen LogP contribution in [0, 0.1) is 5.82 Å². The molecule has 1 amide bonds. The van der Waals surface area contributed by atoms with Crippen LogP contribution in [0.2, 0.25) is 0 Å². The van der Waals surface area contributed by atoms with E-state index in [1.54, 1.807) is 40.0 Å². The molecule has 0 aliphatic carbocycles. The van der Waals surface area contributed by atoms with Gasteiger partial charge in [-0.25, -0.2) is 9.18 Å². The zero-order valence-electron chi connectivity index (χ0n) is 21.3. The van der Waals surface area contributed by atoms with Crippen LogP contribution in [-0.4, -0.2) is 29.3 Å². The van der Waals surface area contributed by atoms with E-state index in [9.17, 15) is 9.18 Å². The van der Waals surface area contributed by atoms with Gasteiger partial charge in [0.25, 0.3) is 0 Å². The Kier molecular flexibility index (Phi) is 9.00. The third-order valence-corrected chi connectivity index (χ3v) is 5.94. The maximum absolute atomic E-state index is 14.0. The van der Waals surface area contributed by atoms with Crippen LogP contribution in [0.5, 0.6) is 5.75 Å². The van der Waals surface area contributed by atoms with Crippen LogP contribution in [0.3, 0.4) is 0 Å². The van der Waals surface area contributed by atoms with Gasteiger partial charge in [0.2, 0.25) is 0 Å². The summed E-state index contributed by atoms with van der Waals surface area (Å²) in [6.07, 6.45) is 2.53. The molecular weight excluding hydrogens is 527 g/mol. The highest BCUT2D eigenvalue weighted by Gasteiger charge is 2.21. The predicted molar refractivity (Wildman–Crippen MR) is 146 cm³/mol. The van der Waals surface area contributed by atoms with Gasteiger partial charge in [0.05, 0.1) is 35.2 Å². The van der Waals surface area contributed by atoms with Crippen molar-refractivity contribution in [1.29, 1.82) is 0 Å². The van der Waals surface area contributed by atoms with E-state index in [4.69, 9.17) is 15.2 Å². The van der Waals surface area contributed by atoms with Gasteiger partial charge in [-0.3, -0.25) is 4.98 Å². The molecule has 1 unspecified atom stereocenters. The number of nitrogens with one attached hydrogen (secondary N) is 2. The Bertz CT molecular complexity index is 1210. The number of amides is 1. The Morgan fingerprint density at radius 1 is 1.19 bits per heavy atom. The fourth-order valence-corrected chi connectivity index (χ4v) is 4.14. The van der Waals surface area contributed by atoms with Crippen molar-refractivity contribution >= 4 is 44.3 Å². The number of halogens is 2. The molecule has 1 heterocycles. The number of nitrogens with zero attached hydrogens (tertiary/aromatic N) is 1. The van der Waals surface area contributed by atoms with Crippen molar-refractivity contribution in [2.75, 3.05) is 17.6 Å². The van der Waals surface area contributed by atoms with Crippen LogP contribution < -0.4 is 21.1 Å². The fourth-order valence-electron chi connectivity index (χ4n) is 3.78. The molecule has 2 atom stereocenters. The highest BCUT2D eigenvalue weighted by molar-refractivity contribution is 9.10. The summed E-state index contributed by atoms with van der Waals surface area (Å²) >= 11 is 3.50. The molecule has 3 rings (SSSR count). The molecule has 4 N–H and O–H groups in total. The first-order valence-electron chi connectivity index (χ1n) is 12.0. The third-order valence-electron chi connectivity index (χ3n) is 5.45. The van der Waals surface area contributed by atoms with E-state index in [2.05, 4.69) is 31.5 Å². The van der Waals surface area contributed by atoms with E-state index >= 15 is 0 Å². The van der Waals surface area contributed by atoms with E-state index in [0.29, 0.717) is 23.5 Å². The minimum atomic E-state index is -0.628. The zero-order chi connectivity index (χ0) is 26.5. The van der Waals surface area contributed by atoms with E-state index < -0.39 is 23.6 Å². The number of nitrogen functional groups attached to an aromatic ring is 1. The van der Waals surface area contributed by atoms with Gasteiger partial charge >= 0.3 is 6.09 Å². The van der Waals surface area contributed by atoms with Crippen LogP contribution in [-0.2, 0) is 4.74 Å². The second kappa shape index (κ2) is 11.8. The highest BCUT2D eigenvalue weighted by Crippen LogP contribution is 2.31. The summed E-state index contributed by atoms with van der Waals surface area (Å²) in [7, 11) is 0. The van der Waals surface area contributed by atoms with Gasteiger partial charge in [0.15, 0.2) is 0 Å². The Labute approximate surface area is 220 Å². The zero-order valence-corrected chi connectivity index (χ0v) is 22.9. The number of pyridine rings is 1. The van der Waals surface area contributed by atoms with Crippen LogP contribution in [0.1, 0.15) is 59.1 Å². The lowest BCUT2D eigenvalue weighted by Gasteiger charge is -2.24. The summed E-state index contributed by atoms with van der Waals surface area (Å²) in [5.74, 6) is 0.121. The van der Waals surface area contributed by atoms with E-state index in [1.807, 2.05) is 25.1 Å². The van der Waals surface area contributed by atoms with Crippen LogP contribution in [0.25, 0.3) is 10.9 Å². The van der Waals surface area contributed by atoms with Crippen molar-refractivity contribution in [3.8, 4) is 5.75 Å². The summed E-state index contributed by atoms with van der Waals surface area (Å²) < 4.78 is 26.4. The number of fused-ring (bicyclic) bond motifs is 1. The lowest BCUT2D eigenvalue weighted by atomic mass is 10.1. The lowest BCUT2D eigenvalue weighted by molar-refractivity contribution is 0.0507. The first-order chi connectivity index (χ1) is 16.9. The number of anilines is 2. The monoisotopic (exact) mass is 560 g/mol. The Morgan fingerprint density at radius 2 is 1.94 bits per heavy atom. The molecule has 3 aromatic rings. The molecule has 0 aliphatic heterocycles. The standard InChI is InChI=1S/C27H34BrFN4O3/c1-16(7-6-12-31-25-21-13-18(28)8-10-23(21)32-15-22(25)30)35-24-11-9-19(29)14-20(24)17(2)33-26(34)36-27(3,4)5/h8-11,13-17H,6-7,12,30H2,1-5H3,(H,31,32)(H,33,34)/t16?,17-/m1/s1. The summed E-state index contributed by atoms with van der Waals surface area (Å²) in [5.41, 5.74) is 8.41. The van der Waals surface area contributed by atoms with Crippen molar-refractivity contribution < 1.29 is 18.7 Å². The van der Waals surface area contributed by atoms with Crippen molar-refractivity contribution in [3.05, 3.63) is 58.4 Å². The van der Waals surface area contributed by atoms with Gasteiger partial charge in [-0.2, -0.15) is 0 Å². The number of benzene rings is 2. The molecule has 7 nitrogen and oxygen atoms in total. The Hall–Kier alpha value is -3.07. The predicted octanol–water partition coefficient (Wildman–Crippen LogP) is 6.96. The minimum absolute atomic E-state index is 0.134. The molecule has 0 spiro atoms. The summed E-state index contributed by atoms with van der Waals surface area (Å²) in [5, 5.41) is 7.13. The lowest BCUT2D eigenvalue weighted by Crippen LogP contribution is -2.34. The van der Waals surface area contributed by atoms with E-state index in [1.165, 1.54) is 12.1 Å². The molecule has 0 radical (unpaired) electrons. The topological polar surface area (TPSA) is 98.5 Å². The molecule has 0 fully saturated rings. The Balaban J connectivity index is 1.59.